The average molecular weight is 332 g/mol. The van der Waals surface area contributed by atoms with Crippen LogP contribution in [0.2, 0.25) is 0 Å². The molecule has 122 valence electrons. The molecule has 2 aromatic heterocycles. The highest BCUT2D eigenvalue weighted by Crippen LogP contribution is 2.30. The maximum absolute atomic E-state index is 13.1. The second kappa shape index (κ2) is 6.20. The summed E-state index contributed by atoms with van der Waals surface area (Å²) in [4.78, 5) is 15.8. The number of anilines is 1. The molecule has 2 aromatic carbocycles. The van der Waals surface area contributed by atoms with Crippen LogP contribution in [-0.4, -0.2) is 10.9 Å². The van der Waals surface area contributed by atoms with Crippen LogP contribution >= 0.6 is 0 Å². The zero-order valence-electron chi connectivity index (χ0n) is 13.1. The van der Waals surface area contributed by atoms with E-state index in [-0.39, 0.29) is 5.91 Å². The molecule has 0 radical (unpaired) electrons. The van der Waals surface area contributed by atoms with Crippen molar-refractivity contribution in [3.05, 3.63) is 78.4 Å². The zero-order valence-corrected chi connectivity index (χ0v) is 13.1. The van der Waals surface area contributed by atoms with Gasteiger partial charge >= 0.3 is 0 Å². The minimum absolute atomic E-state index is 0.320. The fourth-order valence-electron chi connectivity index (χ4n) is 2.68. The number of hydrogen-bond donors (Lipinski definition) is 1. The van der Waals surface area contributed by atoms with Crippen LogP contribution in [0.1, 0.15) is 5.56 Å². The number of nitrogens with zero attached hydrogens (tertiary/aromatic N) is 1. The first-order chi connectivity index (χ1) is 12.2. The molecule has 0 aliphatic rings. The Morgan fingerprint density at radius 1 is 1.04 bits per heavy atom. The molecule has 5 heteroatoms. The monoisotopic (exact) mass is 332 g/mol. The summed E-state index contributed by atoms with van der Waals surface area (Å²) in [6.45, 7) is 0. The van der Waals surface area contributed by atoms with Gasteiger partial charge in [-0.3, -0.25) is 9.78 Å². The minimum Gasteiger partial charge on any atom is -0.456 e. The average Bonchev–Trinajstić information content (AvgIpc) is 2.98. The Morgan fingerprint density at radius 3 is 2.76 bits per heavy atom. The van der Waals surface area contributed by atoms with E-state index in [1.165, 1.54) is 24.4 Å². The SMILES string of the molecule is O=C(/C=C/c1cncc(F)c1)Nc1ccc2c(c1)oc1ccccc12. The Morgan fingerprint density at radius 2 is 1.88 bits per heavy atom. The topological polar surface area (TPSA) is 55.1 Å². The lowest BCUT2D eigenvalue weighted by Crippen LogP contribution is -2.07. The van der Waals surface area contributed by atoms with Crippen LogP contribution in [0.5, 0.6) is 0 Å². The molecule has 0 spiro atoms. The molecule has 0 fully saturated rings. The van der Waals surface area contributed by atoms with Gasteiger partial charge in [0.2, 0.25) is 5.91 Å². The molecule has 2 heterocycles. The number of carbonyl (C=O) groups is 1. The van der Waals surface area contributed by atoms with Crippen LogP contribution in [0.3, 0.4) is 0 Å². The fourth-order valence-corrected chi connectivity index (χ4v) is 2.68. The molecule has 4 nitrogen and oxygen atoms in total. The van der Waals surface area contributed by atoms with Crippen molar-refractivity contribution in [2.45, 2.75) is 0 Å². The number of hydrogen-bond acceptors (Lipinski definition) is 3. The van der Waals surface area contributed by atoms with Crippen molar-refractivity contribution in [1.29, 1.82) is 0 Å². The molecule has 4 rings (SSSR count). The van der Waals surface area contributed by atoms with Crippen LogP contribution in [-0.2, 0) is 4.79 Å². The number of fused-ring (bicyclic) bond motifs is 3. The number of furan rings is 1. The summed E-state index contributed by atoms with van der Waals surface area (Å²) in [5.41, 5.74) is 2.65. The molecule has 1 amide bonds. The van der Waals surface area contributed by atoms with E-state index in [0.29, 0.717) is 16.8 Å². The van der Waals surface area contributed by atoms with Crippen molar-refractivity contribution >= 4 is 39.6 Å². The second-order valence-corrected chi connectivity index (χ2v) is 5.57. The third kappa shape index (κ3) is 3.12. The Balaban J connectivity index is 1.55. The van der Waals surface area contributed by atoms with E-state index in [4.69, 9.17) is 4.42 Å². The third-order valence-electron chi connectivity index (χ3n) is 3.80. The van der Waals surface area contributed by atoms with E-state index in [1.54, 1.807) is 6.07 Å². The van der Waals surface area contributed by atoms with Gasteiger partial charge < -0.3 is 9.73 Å². The summed E-state index contributed by atoms with van der Waals surface area (Å²) in [6, 6.07) is 14.6. The largest absolute Gasteiger partial charge is 0.456 e. The molecular formula is C20H13FN2O2. The Bertz CT molecular complexity index is 1120. The van der Waals surface area contributed by atoms with Gasteiger partial charge in [-0.25, -0.2) is 4.39 Å². The first kappa shape index (κ1) is 15.1. The summed E-state index contributed by atoms with van der Waals surface area (Å²) in [6.07, 6.45) is 5.43. The number of nitrogens with one attached hydrogen (secondary N) is 1. The highest BCUT2D eigenvalue weighted by Gasteiger charge is 2.07. The summed E-state index contributed by atoms with van der Waals surface area (Å²) in [5.74, 6) is -0.766. The molecule has 25 heavy (non-hydrogen) atoms. The van der Waals surface area contributed by atoms with Gasteiger partial charge in [0.25, 0.3) is 0 Å². The number of para-hydroxylation sites is 1. The standard InChI is InChI=1S/C20H13FN2O2/c21-14-9-13(11-22-12-14)5-8-20(24)23-15-6-7-17-16-3-1-2-4-18(16)25-19(17)10-15/h1-12H,(H,23,24)/b8-5+. The van der Waals surface area contributed by atoms with Crippen molar-refractivity contribution in [3.63, 3.8) is 0 Å². The molecule has 0 aliphatic carbocycles. The van der Waals surface area contributed by atoms with E-state index in [2.05, 4.69) is 10.3 Å². The molecule has 0 bridgehead atoms. The lowest BCUT2D eigenvalue weighted by molar-refractivity contribution is -0.111. The summed E-state index contributed by atoms with van der Waals surface area (Å²) in [5, 5.41) is 4.79. The molecule has 0 aliphatic heterocycles. The zero-order chi connectivity index (χ0) is 17.2. The smallest absolute Gasteiger partial charge is 0.248 e. The summed E-state index contributed by atoms with van der Waals surface area (Å²) < 4.78 is 18.9. The molecule has 1 N–H and O–H groups in total. The van der Waals surface area contributed by atoms with Crippen molar-refractivity contribution in [1.82, 2.24) is 4.98 Å². The fraction of sp³-hybridized carbons (Fsp3) is 0. The Kier molecular flexibility index (Phi) is 3.74. The number of pyridine rings is 1. The van der Waals surface area contributed by atoms with Gasteiger partial charge in [-0.15, -0.1) is 0 Å². The van der Waals surface area contributed by atoms with E-state index in [9.17, 15) is 9.18 Å². The quantitative estimate of drug-likeness (QED) is 0.550. The van der Waals surface area contributed by atoms with Gasteiger partial charge in [0.05, 0.1) is 6.20 Å². The number of benzene rings is 2. The highest BCUT2D eigenvalue weighted by molar-refractivity contribution is 6.07. The summed E-state index contributed by atoms with van der Waals surface area (Å²) in [7, 11) is 0. The third-order valence-corrected chi connectivity index (χ3v) is 3.80. The van der Waals surface area contributed by atoms with E-state index < -0.39 is 5.82 Å². The van der Waals surface area contributed by atoms with Crippen LogP contribution in [0.15, 0.2) is 71.4 Å². The van der Waals surface area contributed by atoms with Crippen LogP contribution in [0, 0.1) is 5.82 Å². The molecule has 4 aromatic rings. The van der Waals surface area contributed by atoms with Gasteiger partial charge in [-0.2, -0.15) is 0 Å². The Labute approximate surface area is 142 Å². The molecule has 0 atom stereocenters. The number of halogens is 1. The summed E-state index contributed by atoms with van der Waals surface area (Å²) >= 11 is 0. The van der Waals surface area contributed by atoms with Crippen LogP contribution in [0.4, 0.5) is 10.1 Å². The molecule has 0 unspecified atom stereocenters. The molecule has 0 saturated heterocycles. The predicted octanol–water partition coefficient (Wildman–Crippen LogP) is 4.77. The normalized spacial score (nSPS) is 11.4. The van der Waals surface area contributed by atoms with Crippen LogP contribution < -0.4 is 5.32 Å². The Hall–Kier alpha value is -3.47. The number of aromatic nitrogens is 1. The number of carbonyl (C=O) groups excluding carboxylic acids is 1. The van der Waals surface area contributed by atoms with Crippen LogP contribution in [0.25, 0.3) is 28.0 Å². The van der Waals surface area contributed by atoms with Gasteiger partial charge in [-0.05, 0) is 35.9 Å². The van der Waals surface area contributed by atoms with Crippen molar-refractivity contribution in [3.8, 4) is 0 Å². The minimum atomic E-state index is -0.446. The lowest BCUT2D eigenvalue weighted by atomic mass is 10.1. The van der Waals surface area contributed by atoms with Crippen molar-refractivity contribution < 1.29 is 13.6 Å². The molecular weight excluding hydrogens is 319 g/mol. The second-order valence-electron chi connectivity index (χ2n) is 5.57. The maximum atomic E-state index is 13.1. The van der Waals surface area contributed by atoms with E-state index in [0.717, 1.165) is 22.6 Å². The lowest BCUT2D eigenvalue weighted by Gasteiger charge is -2.01. The van der Waals surface area contributed by atoms with E-state index in [1.807, 2.05) is 36.4 Å². The van der Waals surface area contributed by atoms with Crippen molar-refractivity contribution in [2.24, 2.45) is 0 Å². The first-order valence-corrected chi connectivity index (χ1v) is 7.70. The van der Waals surface area contributed by atoms with E-state index >= 15 is 0 Å². The number of rotatable bonds is 3. The number of amides is 1. The first-order valence-electron chi connectivity index (χ1n) is 7.70. The van der Waals surface area contributed by atoms with Gasteiger partial charge in [0, 0.05) is 34.8 Å². The van der Waals surface area contributed by atoms with Crippen molar-refractivity contribution in [2.75, 3.05) is 5.32 Å². The predicted molar refractivity (Wildman–Crippen MR) is 95.6 cm³/mol. The van der Waals surface area contributed by atoms with Gasteiger partial charge in [0.15, 0.2) is 0 Å². The highest BCUT2D eigenvalue weighted by atomic mass is 19.1. The molecule has 0 saturated carbocycles. The maximum Gasteiger partial charge on any atom is 0.248 e. The van der Waals surface area contributed by atoms with Gasteiger partial charge in [0.1, 0.15) is 17.0 Å². The van der Waals surface area contributed by atoms with Gasteiger partial charge in [-0.1, -0.05) is 18.2 Å².